The molecule has 2 aromatic heterocycles. The van der Waals surface area contributed by atoms with Gasteiger partial charge in [-0.1, -0.05) is 17.7 Å². The van der Waals surface area contributed by atoms with E-state index in [1.54, 1.807) is 12.1 Å². The molecule has 7 heteroatoms. The number of benzene rings is 1. The van der Waals surface area contributed by atoms with Crippen LogP contribution in [0.2, 0.25) is 10.3 Å². The van der Waals surface area contributed by atoms with E-state index < -0.39 is 5.82 Å². The minimum Gasteiger partial charge on any atom is -0.337 e. The fraction of sp³-hybridized carbons (Fsp3) is 0. The summed E-state index contributed by atoms with van der Waals surface area (Å²) in [5.41, 5.74) is 0.245. The highest BCUT2D eigenvalue weighted by atomic mass is 35.5. The summed E-state index contributed by atoms with van der Waals surface area (Å²) in [5, 5.41) is 5.71. The highest BCUT2D eigenvalue weighted by Gasteiger charge is 2.11. The molecular formula is C12H6Cl2FN3S. The van der Waals surface area contributed by atoms with E-state index in [0.29, 0.717) is 5.82 Å². The molecule has 0 radical (unpaired) electrons. The molecule has 0 bridgehead atoms. The lowest BCUT2D eigenvalue weighted by atomic mass is 10.3. The van der Waals surface area contributed by atoms with Crippen LogP contribution in [0.15, 0.2) is 29.6 Å². The zero-order chi connectivity index (χ0) is 13.4. The highest BCUT2D eigenvalue weighted by molar-refractivity contribution is 7.16. The third-order valence-corrected chi connectivity index (χ3v) is 3.77. The summed E-state index contributed by atoms with van der Waals surface area (Å²) in [6.07, 6.45) is 0. The van der Waals surface area contributed by atoms with E-state index in [2.05, 4.69) is 15.3 Å². The highest BCUT2D eigenvalue weighted by Crippen LogP contribution is 2.30. The molecule has 1 aromatic carbocycles. The predicted molar refractivity (Wildman–Crippen MR) is 77.1 cm³/mol. The molecular weight excluding hydrogens is 308 g/mol. The van der Waals surface area contributed by atoms with Gasteiger partial charge >= 0.3 is 0 Å². The van der Waals surface area contributed by atoms with Crippen molar-refractivity contribution < 1.29 is 4.39 Å². The first kappa shape index (κ1) is 12.6. The van der Waals surface area contributed by atoms with Gasteiger partial charge in [0, 0.05) is 0 Å². The molecule has 3 rings (SSSR count). The van der Waals surface area contributed by atoms with Crippen molar-refractivity contribution in [3.05, 3.63) is 45.8 Å². The molecule has 0 aliphatic rings. The Bertz CT molecular complexity index is 760. The summed E-state index contributed by atoms with van der Waals surface area (Å²) in [4.78, 5) is 8.91. The van der Waals surface area contributed by atoms with Gasteiger partial charge in [-0.2, -0.15) is 4.98 Å². The normalized spacial score (nSPS) is 10.9. The second-order valence-corrected chi connectivity index (χ2v) is 5.35. The second-order valence-electron chi connectivity index (χ2n) is 3.71. The standard InChI is InChI=1S/C12H6Cl2FN3S/c13-7-2-1-3-8(9(7)15)16-10-6-4-5-19-11(6)18-12(14)17-10/h1-5H,(H,16,17,18). The molecule has 3 aromatic rings. The lowest BCUT2D eigenvalue weighted by Gasteiger charge is -2.08. The van der Waals surface area contributed by atoms with Crippen LogP contribution < -0.4 is 5.32 Å². The van der Waals surface area contributed by atoms with Crippen molar-refractivity contribution in [3.63, 3.8) is 0 Å². The molecule has 0 atom stereocenters. The Morgan fingerprint density at radius 3 is 2.84 bits per heavy atom. The summed E-state index contributed by atoms with van der Waals surface area (Å²) < 4.78 is 13.8. The zero-order valence-corrected chi connectivity index (χ0v) is 11.7. The van der Waals surface area contributed by atoms with Gasteiger partial charge in [0.1, 0.15) is 10.6 Å². The van der Waals surface area contributed by atoms with Gasteiger partial charge in [0.05, 0.1) is 16.1 Å². The minimum absolute atomic E-state index is 0.0479. The molecule has 0 spiro atoms. The fourth-order valence-electron chi connectivity index (χ4n) is 1.65. The molecule has 0 aliphatic heterocycles. The lowest BCUT2D eigenvalue weighted by molar-refractivity contribution is 0.632. The van der Waals surface area contributed by atoms with Crippen molar-refractivity contribution in [2.75, 3.05) is 5.32 Å². The Morgan fingerprint density at radius 2 is 2.00 bits per heavy atom. The van der Waals surface area contributed by atoms with E-state index in [9.17, 15) is 4.39 Å². The maximum atomic E-state index is 13.8. The van der Waals surface area contributed by atoms with Crippen LogP contribution in [0.1, 0.15) is 0 Å². The Labute approximate surface area is 122 Å². The fourth-order valence-corrected chi connectivity index (χ4v) is 2.81. The smallest absolute Gasteiger partial charge is 0.225 e. The molecule has 0 saturated heterocycles. The first-order valence-electron chi connectivity index (χ1n) is 5.27. The minimum atomic E-state index is -0.526. The SMILES string of the molecule is Fc1c(Cl)cccc1Nc1nc(Cl)nc2sccc12. The van der Waals surface area contributed by atoms with Crippen molar-refractivity contribution in [3.8, 4) is 0 Å². The van der Waals surface area contributed by atoms with Crippen molar-refractivity contribution in [1.29, 1.82) is 0 Å². The summed E-state index contributed by atoms with van der Waals surface area (Å²) in [6.45, 7) is 0. The quantitative estimate of drug-likeness (QED) is 0.685. The Hall–Kier alpha value is -1.43. The molecule has 0 aliphatic carbocycles. The van der Waals surface area contributed by atoms with Crippen LogP contribution in [-0.2, 0) is 0 Å². The Kier molecular flexibility index (Phi) is 3.26. The molecule has 96 valence electrons. The first-order chi connectivity index (χ1) is 9.15. The third-order valence-electron chi connectivity index (χ3n) is 2.50. The van der Waals surface area contributed by atoms with Gasteiger partial charge in [0.15, 0.2) is 5.82 Å². The summed E-state index contributed by atoms with van der Waals surface area (Å²) in [7, 11) is 0. The maximum Gasteiger partial charge on any atom is 0.225 e. The second kappa shape index (κ2) is 4.92. The molecule has 19 heavy (non-hydrogen) atoms. The lowest BCUT2D eigenvalue weighted by Crippen LogP contribution is -1.98. The molecule has 3 nitrogen and oxygen atoms in total. The molecule has 0 fully saturated rings. The van der Waals surface area contributed by atoms with Crippen LogP contribution in [0.25, 0.3) is 10.2 Å². The van der Waals surface area contributed by atoms with Gasteiger partial charge in [-0.15, -0.1) is 11.3 Å². The average Bonchev–Trinajstić information content (AvgIpc) is 2.83. The number of anilines is 2. The number of fused-ring (bicyclic) bond motifs is 1. The Balaban J connectivity index is 2.10. The number of thiophene rings is 1. The van der Waals surface area contributed by atoms with Crippen LogP contribution in [0.5, 0.6) is 0 Å². The monoisotopic (exact) mass is 313 g/mol. The summed E-state index contributed by atoms with van der Waals surface area (Å²) in [5.74, 6) is -0.0697. The molecule has 1 N–H and O–H groups in total. The number of nitrogens with one attached hydrogen (secondary N) is 1. The summed E-state index contributed by atoms with van der Waals surface area (Å²) >= 11 is 13.0. The van der Waals surface area contributed by atoms with Crippen molar-refractivity contribution in [2.24, 2.45) is 0 Å². The van der Waals surface area contributed by atoms with Crippen LogP contribution in [-0.4, -0.2) is 9.97 Å². The number of nitrogens with zero attached hydrogens (tertiary/aromatic N) is 2. The van der Waals surface area contributed by atoms with Gasteiger partial charge in [-0.3, -0.25) is 0 Å². The van der Waals surface area contributed by atoms with Crippen LogP contribution in [0, 0.1) is 5.82 Å². The molecule has 0 saturated carbocycles. The van der Waals surface area contributed by atoms with Crippen LogP contribution in [0.3, 0.4) is 0 Å². The van der Waals surface area contributed by atoms with E-state index in [1.807, 2.05) is 11.4 Å². The average molecular weight is 314 g/mol. The van der Waals surface area contributed by atoms with E-state index in [0.717, 1.165) is 10.2 Å². The maximum absolute atomic E-state index is 13.8. The zero-order valence-electron chi connectivity index (χ0n) is 9.32. The number of hydrogen-bond donors (Lipinski definition) is 1. The van der Waals surface area contributed by atoms with E-state index in [4.69, 9.17) is 23.2 Å². The van der Waals surface area contributed by atoms with Crippen molar-refractivity contribution in [1.82, 2.24) is 9.97 Å². The summed E-state index contributed by atoms with van der Waals surface area (Å²) in [6, 6.07) is 6.56. The van der Waals surface area contributed by atoms with Crippen LogP contribution in [0.4, 0.5) is 15.9 Å². The van der Waals surface area contributed by atoms with Crippen molar-refractivity contribution in [2.45, 2.75) is 0 Å². The molecule has 0 unspecified atom stereocenters. The van der Waals surface area contributed by atoms with E-state index in [1.165, 1.54) is 17.4 Å². The first-order valence-corrected chi connectivity index (χ1v) is 6.90. The van der Waals surface area contributed by atoms with Gasteiger partial charge in [0.2, 0.25) is 5.28 Å². The third kappa shape index (κ3) is 2.36. The van der Waals surface area contributed by atoms with E-state index >= 15 is 0 Å². The number of aromatic nitrogens is 2. The van der Waals surface area contributed by atoms with Crippen molar-refractivity contribution >= 4 is 56.3 Å². The number of rotatable bonds is 2. The molecule has 2 heterocycles. The number of hydrogen-bond acceptors (Lipinski definition) is 4. The predicted octanol–water partition coefficient (Wildman–Crippen LogP) is 4.88. The topological polar surface area (TPSA) is 37.8 Å². The van der Waals surface area contributed by atoms with Gasteiger partial charge in [0.25, 0.3) is 0 Å². The van der Waals surface area contributed by atoms with Crippen LogP contribution >= 0.6 is 34.5 Å². The van der Waals surface area contributed by atoms with Gasteiger partial charge < -0.3 is 5.32 Å². The largest absolute Gasteiger partial charge is 0.337 e. The Morgan fingerprint density at radius 1 is 1.16 bits per heavy atom. The number of halogens is 3. The molecule has 0 amide bonds. The van der Waals surface area contributed by atoms with Gasteiger partial charge in [-0.05, 0) is 35.2 Å². The van der Waals surface area contributed by atoms with Gasteiger partial charge in [-0.25, -0.2) is 9.37 Å². The van der Waals surface area contributed by atoms with E-state index in [-0.39, 0.29) is 16.0 Å².